The van der Waals surface area contributed by atoms with Gasteiger partial charge in [-0.25, -0.2) is 27.3 Å². The highest BCUT2D eigenvalue weighted by atomic mass is 19.3. The number of nitrogens with one attached hydrogen (secondary N) is 1. The van der Waals surface area contributed by atoms with Crippen LogP contribution in [0.25, 0.3) is 0 Å². The molecule has 0 saturated carbocycles. The molecular weight excluding hydrogens is 434 g/mol. The minimum atomic E-state index is -3.24. The number of aliphatic imine (C=N–C) groups is 1. The molecule has 7 nitrogen and oxygen atoms in total. The van der Waals surface area contributed by atoms with Gasteiger partial charge in [-0.3, -0.25) is 4.79 Å². The van der Waals surface area contributed by atoms with Crippen LogP contribution in [0.5, 0.6) is 0 Å². The lowest BCUT2D eigenvalue weighted by Gasteiger charge is -2.36. The topological polar surface area (TPSA) is 103 Å². The highest BCUT2D eigenvalue weighted by Gasteiger charge is 2.48. The van der Waals surface area contributed by atoms with E-state index in [0.717, 1.165) is 6.07 Å². The van der Waals surface area contributed by atoms with Crippen molar-refractivity contribution in [3.8, 4) is 0 Å². The maximum Gasteiger partial charge on any atom is 0.337 e. The summed E-state index contributed by atoms with van der Waals surface area (Å²) in [6.45, 7) is 1.44. The number of alkyl halides is 2. The van der Waals surface area contributed by atoms with Crippen LogP contribution in [0, 0.1) is 11.6 Å². The first-order valence-corrected chi connectivity index (χ1v) is 9.36. The number of amides is 1. The Hall–Kier alpha value is -3.63. The van der Waals surface area contributed by atoms with Gasteiger partial charge in [0.2, 0.25) is 0 Å². The molecule has 170 valence electrons. The summed E-state index contributed by atoms with van der Waals surface area (Å²) in [5, 5.41) is 2.33. The van der Waals surface area contributed by atoms with Crippen molar-refractivity contribution in [2.45, 2.75) is 31.4 Å². The van der Waals surface area contributed by atoms with Gasteiger partial charge in [-0.1, -0.05) is 0 Å². The summed E-state index contributed by atoms with van der Waals surface area (Å²) in [6, 6.07) is 6.27. The zero-order valence-electron chi connectivity index (χ0n) is 17.0. The summed E-state index contributed by atoms with van der Waals surface area (Å²) >= 11 is 0. The van der Waals surface area contributed by atoms with Crippen molar-refractivity contribution in [2.24, 2.45) is 10.7 Å². The number of benzene rings is 2. The molecule has 2 aromatic rings. The maximum absolute atomic E-state index is 14.6. The number of amidine groups is 1. The van der Waals surface area contributed by atoms with E-state index < -0.39 is 59.6 Å². The van der Waals surface area contributed by atoms with E-state index in [1.807, 2.05) is 0 Å². The standard InChI is InChI=1S/C21H19F4N3O4/c1-10-9-21(19(24)25,28-20(26)32-10)14-7-13(8-15(22)16(14)23)27-17(29)11-3-5-12(6-4-11)18(30)31-2/h3-8,10,19H,9H2,1-2H3,(H2,26,28)(H,27,29)/t10-,21-/m1/s1. The van der Waals surface area contributed by atoms with E-state index in [4.69, 9.17) is 10.5 Å². The quantitative estimate of drug-likeness (QED) is 0.532. The van der Waals surface area contributed by atoms with E-state index in [1.165, 1.54) is 38.3 Å². The number of nitrogens with zero attached hydrogens (tertiary/aromatic N) is 1. The number of rotatable bonds is 5. The lowest BCUT2D eigenvalue weighted by atomic mass is 9.84. The lowest BCUT2D eigenvalue weighted by Crippen LogP contribution is -2.44. The molecule has 3 rings (SSSR count). The normalized spacial score (nSPS) is 20.3. The van der Waals surface area contributed by atoms with Crippen LogP contribution < -0.4 is 11.1 Å². The van der Waals surface area contributed by atoms with Gasteiger partial charge in [0, 0.05) is 29.3 Å². The molecule has 0 spiro atoms. The summed E-state index contributed by atoms with van der Waals surface area (Å²) in [6.07, 6.45) is -4.54. The van der Waals surface area contributed by atoms with Crippen LogP contribution in [0.3, 0.4) is 0 Å². The molecule has 11 heteroatoms. The molecule has 0 bridgehead atoms. The molecule has 1 aliphatic rings. The fraction of sp³-hybridized carbons (Fsp3) is 0.286. The molecule has 2 aromatic carbocycles. The average molecular weight is 453 g/mol. The second-order valence-corrected chi connectivity index (χ2v) is 7.15. The Balaban J connectivity index is 1.97. The second-order valence-electron chi connectivity index (χ2n) is 7.15. The molecule has 1 amide bonds. The highest BCUT2D eigenvalue weighted by molar-refractivity contribution is 6.04. The van der Waals surface area contributed by atoms with Crippen molar-refractivity contribution in [3.05, 3.63) is 64.7 Å². The fourth-order valence-corrected chi connectivity index (χ4v) is 3.44. The number of carbonyl (C=O) groups excluding carboxylic acids is 2. The van der Waals surface area contributed by atoms with E-state index in [-0.39, 0.29) is 16.8 Å². The van der Waals surface area contributed by atoms with Crippen molar-refractivity contribution >= 4 is 23.6 Å². The monoisotopic (exact) mass is 453 g/mol. The van der Waals surface area contributed by atoms with Crippen LogP contribution in [0.15, 0.2) is 41.4 Å². The number of hydrogen-bond acceptors (Lipinski definition) is 6. The van der Waals surface area contributed by atoms with E-state index in [1.54, 1.807) is 0 Å². The number of ether oxygens (including phenoxy) is 2. The molecule has 0 saturated heterocycles. The molecule has 32 heavy (non-hydrogen) atoms. The third kappa shape index (κ3) is 4.36. The first-order chi connectivity index (χ1) is 15.1. The third-order valence-electron chi connectivity index (χ3n) is 4.91. The zero-order chi connectivity index (χ0) is 23.6. The van der Waals surface area contributed by atoms with Gasteiger partial charge in [0.25, 0.3) is 18.4 Å². The van der Waals surface area contributed by atoms with Gasteiger partial charge in [-0.15, -0.1) is 0 Å². The van der Waals surface area contributed by atoms with Gasteiger partial charge in [0.15, 0.2) is 17.2 Å². The number of halogens is 4. The number of carbonyl (C=O) groups is 2. The summed E-state index contributed by atoms with van der Waals surface area (Å²) < 4.78 is 66.7. The molecule has 0 unspecified atom stereocenters. The van der Waals surface area contributed by atoms with Crippen LogP contribution in [0.1, 0.15) is 39.6 Å². The lowest BCUT2D eigenvalue weighted by molar-refractivity contribution is 0.00497. The number of anilines is 1. The van der Waals surface area contributed by atoms with Crippen molar-refractivity contribution in [1.82, 2.24) is 0 Å². The van der Waals surface area contributed by atoms with E-state index in [9.17, 15) is 27.2 Å². The van der Waals surface area contributed by atoms with E-state index in [0.29, 0.717) is 6.07 Å². The van der Waals surface area contributed by atoms with Gasteiger partial charge in [0.1, 0.15) is 6.10 Å². The van der Waals surface area contributed by atoms with Gasteiger partial charge in [0.05, 0.1) is 12.7 Å². The minimum Gasteiger partial charge on any atom is -0.465 e. The summed E-state index contributed by atoms with van der Waals surface area (Å²) in [7, 11) is 1.20. The zero-order valence-corrected chi connectivity index (χ0v) is 17.0. The molecule has 0 radical (unpaired) electrons. The van der Waals surface area contributed by atoms with Crippen molar-refractivity contribution in [3.63, 3.8) is 0 Å². The Labute approximate surface area is 180 Å². The molecule has 0 aliphatic carbocycles. The summed E-state index contributed by atoms with van der Waals surface area (Å²) in [5.74, 6) is -4.33. The Morgan fingerprint density at radius 1 is 1.22 bits per heavy atom. The number of methoxy groups -OCH3 is 1. The van der Waals surface area contributed by atoms with E-state index in [2.05, 4.69) is 15.0 Å². The Bertz CT molecular complexity index is 1080. The molecular formula is C21H19F4N3O4. The van der Waals surface area contributed by atoms with Gasteiger partial charge < -0.3 is 20.5 Å². The predicted molar refractivity (Wildman–Crippen MR) is 107 cm³/mol. The van der Waals surface area contributed by atoms with Crippen LogP contribution in [0.2, 0.25) is 0 Å². The number of esters is 1. The van der Waals surface area contributed by atoms with Gasteiger partial charge in [-0.2, -0.15) is 0 Å². The van der Waals surface area contributed by atoms with Crippen molar-refractivity contribution in [2.75, 3.05) is 12.4 Å². The minimum absolute atomic E-state index is 0.0782. The van der Waals surface area contributed by atoms with Crippen LogP contribution in [0.4, 0.5) is 23.2 Å². The molecule has 1 heterocycles. The molecule has 2 atom stereocenters. The largest absolute Gasteiger partial charge is 0.465 e. The first-order valence-electron chi connectivity index (χ1n) is 9.36. The SMILES string of the molecule is COC(=O)c1ccc(C(=O)Nc2cc(F)c(F)c([C@@]3(C(F)F)C[C@@H](C)OC(N)=N3)c2)cc1. The van der Waals surface area contributed by atoms with Crippen LogP contribution >= 0.6 is 0 Å². The molecule has 1 aliphatic heterocycles. The maximum atomic E-state index is 14.6. The highest BCUT2D eigenvalue weighted by Crippen LogP contribution is 2.42. The predicted octanol–water partition coefficient (Wildman–Crippen LogP) is 3.59. The Morgan fingerprint density at radius 3 is 2.41 bits per heavy atom. The van der Waals surface area contributed by atoms with Crippen LogP contribution in [-0.2, 0) is 15.0 Å². The van der Waals surface area contributed by atoms with Crippen molar-refractivity contribution in [1.29, 1.82) is 0 Å². The molecule has 0 aromatic heterocycles. The average Bonchev–Trinajstić information content (AvgIpc) is 2.74. The first kappa shape index (κ1) is 23.0. The summed E-state index contributed by atoms with van der Waals surface area (Å²) in [5.41, 5.74) is 2.23. The molecule has 3 N–H and O–H groups in total. The van der Waals surface area contributed by atoms with Crippen molar-refractivity contribution < 1.29 is 36.6 Å². The number of hydrogen-bond donors (Lipinski definition) is 2. The fourth-order valence-electron chi connectivity index (χ4n) is 3.44. The second kappa shape index (κ2) is 8.85. The Kier molecular flexibility index (Phi) is 6.37. The number of nitrogens with two attached hydrogens (primary N) is 1. The smallest absolute Gasteiger partial charge is 0.337 e. The van der Waals surface area contributed by atoms with Crippen LogP contribution in [-0.4, -0.2) is 37.5 Å². The summed E-state index contributed by atoms with van der Waals surface area (Å²) in [4.78, 5) is 27.6. The van der Waals surface area contributed by atoms with Gasteiger partial charge in [-0.05, 0) is 37.3 Å². The van der Waals surface area contributed by atoms with E-state index >= 15 is 0 Å². The van der Waals surface area contributed by atoms with Gasteiger partial charge >= 0.3 is 5.97 Å². The third-order valence-corrected chi connectivity index (χ3v) is 4.91. The molecule has 0 fully saturated rings. The Morgan fingerprint density at radius 2 is 1.84 bits per heavy atom.